The van der Waals surface area contributed by atoms with Crippen molar-refractivity contribution in [3.05, 3.63) is 34.4 Å². The molecule has 1 atom stereocenters. The first-order valence-electron chi connectivity index (χ1n) is 6.13. The van der Waals surface area contributed by atoms with Crippen LogP contribution >= 0.6 is 0 Å². The lowest BCUT2D eigenvalue weighted by molar-refractivity contribution is -0.683. The predicted molar refractivity (Wildman–Crippen MR) is 69.0 cm³/mol. The third kappa shape index (κ3) is 5.55. The Morgan fingerprint density at radius 1 is 1.43 bits per heavy atom. The van der Waals surface area contributed by atoms with E-state index < -0.39 is 22.8 Å². The second-order valence-electron chi connectivity index (χ2n) is 4.23. The highest BCUT2D eigenvalue weighted by Crippen LogP contribution is 2.17. The monoisotopic (exact) mass is 297 g/mol. The second-order valence-corrected chi connectivity index (χ2v) is 4.23. The minimum atomic E-state index is -1.42. The standard InChI is InChI=1S/C12H15N3O6/c16-5-4-13-10(12(18)19)7-11(17)14-8-2-1-3-9(6-8)15(20)21/h1-3,6,10,13,16H,4-5,7H2,(H,14,17)(H,18,19)/t10-/m0/s1. The summed E-state index contributed by atoms with van der Waals surface area (Å²) in [5, 5.41) is 33.7. The molecule has 0 saturated carbocycles. The Hall–Kier alpha value is -2.52. The molecule has 0 heterocycles. The van der Waals surface area contributed by atoms with Gasteiger partial charge in [-0.1, -0.05) is 6.07 Å². The molecule has 0 aliphatic rings. The van der Waals surface area contributed by atoms with Crippen molar-refractivity contribution < 1.29 is 30.0 Å². The molecular formula is C12H15N3O6. The summed E-state index contributed by atoms with van der Waals surface area (Å²) >= 11 is 0. The number of non-ortho nitro benzene ring substituents is 1. The SMILES string of the molecule is O=C(C[C@H]([NH2+]CCO)C(=O)[O-])Nc1cccc([N+](=O)[O-])c1. The predicted octanol–water partition coefficient (Wildman–Crippen LogP) is -2.40. The van der Waals surface area contributed by atoms with Crippen molar-refractivity contribution in [1.82, 2.24) is 0 Å². The van der Waals surface area contributed by atoms with Crippen LogP contribution in [0.25, 0.3) is 0 Å². The minimum Gasteiger partial charge on any atom is -0.544 e. The Kier molecular flexibility index (Phi) is 6.24. The van der Waals surface area contributed by atoms with E-state index in [-0.39, 0.29) is 30.9 Å². The van der Waals surface area contributed by atoms with Gasteiger partial charge in [0.2, 0.25) is 5.91 Å². The molecule has 0 unspecified atom stereocenters. The molecule has 4 N–H and O–H groups in total. The van der Waals surface area contributed by atoms with Gasteiger partial charge in [0.1, 0.15) is 6.04 Å². The van der Waals surface area contributed by atoms with E-state index in [0.29, 0.717) is 0 Å². The topological polar surface area (TPSA) is 149 Å². The van der Waals surface area contributed by atoms with Crippen molar-refractivity contribution in [3.63, 3.8) is 0 Å². The molecule has 0 spiro atoms. The van der Waals surface area contributed by atoms with Crippen LogP contribution in [0.2, 0.25) is 0 Å². The van der Waals surface area contributed by atoms with Crippen LogP contribution < -0.4 is 15.7 Å². The molecule has 1 amide bonds. The molecule has 0 bridgehead atoms. The summed E-state index contributed by atoms with van der Waals surface area (Å²) in [6, 6.07) is 4.17. The molecule has 1 aromatic rings. The zero-order chi connectivity index (χ0) is 15.8. The third-order valence-corrected chi connectivity index (χ3v) is 2.63. The van der Waals surface area contributed by atoms with E-state index in [1.165, 1.54) is 29.6 Å². The summed E-state index contributed by atoms with van der Waals surface area (Å²) in [7, 11) is 0. The van der Waals surface area contributed by atoms with E-state index >= 15 is 0 Å². The number of aliphatic carboxylic acids is 1. The summed E-state index contributed by atoms with van der Waals surface area (Å²) in [6.07, 6.45) is -0.370. The Morgan fingerprint density at radius 3 is 2.71 bits per heavy atom. The minimum absolute atomic E-state index is 0.128. The molecule has 9 nitrogen and oxygen atoms in total. The van der Waals surface area contributed by atoms with Crippen molar-refractivity contribution in [1.29, 1.82) is 0 Å². The fourth-order valence-electron chi connectivity index (χ4n) is 1.65. The average molecular weight is 297 g/mol. The highest BCUT2D eigenvalue weighted by atomic mass is 16.6. The number of hydrogen-bond acceptors (Lipinski definition) is 6. The number of nitrogens with zero attached hydrogens (tertiary/aromatic N) is 1. The summed E-state index contributed by atoms with van der Waals surface area (Å²) in [6.45, 7) is -0.0982. The number of quaternary nitrogens is 1. The maximum atomic E-state index is 11.7. The Bertz CT molecular complexity index is 533. The maximum absolute atomic E-state index is 11.7. The number of rotatable bonds is 8. The van der Waals surface area contributed by atoms with Gasteiger partial charge in [0, 0.05) is 17.8 Å². The number of hydrogen-bond donors (Lipinski definition) is 3. The lowest BCUT2D eigenvalue weighted by Crippen LogP contribution is -2.94. The molecule has 114 valence electrons. The quantitative estimate of drug-likeness (QED) is 0.359. The highest BCUT2D eigenvalue weighted by Gasteiger charge is 2.18. The number of benzene rings is 1. The number of aliphatic hydroxyl groups excluding tert-OH is 1. The first-order valence-corrected chi connectivity index (χ1v) is 6.13. The fourth-order valence-corrected chi connectivity index (χ4v) is 1.65. The number of nitrogens with one attached hydrogen (secondary N) is 1. The largest absolute Gasteiger partial charge is 0.544 e. The van der Waals surface area contributed by atoms with E-state index in [4.69, 9.17) is 5.11 Å². The zero-order valence-electron chi connectivity index (χ0n) is 11.0. The fraction of sp³-hybridized carbons (Fsp3) is 0.333. The number of carbonyl (C=O) groups is 2. The second kappa shape index (κ2) is 7.92. The van der Waals surface area contributed by atoms with Crippen LogP contribution in [-0.4, -0.2) is 41.1 Å². The van der Waals surface area contributed by atoms with Crippen molar-refractivity contribution in [2.24, 2.45) is 0 Å². The summed E-state index contributed by atoms with van der Waals surface area (Å²) in [4.78, 5) is 32.6. The van der Waals surface area contributed by atoms with E-state index in [0.717, 1.165) is 0 Å². The normalized spacial score (nSPS) is 11.7. The van der Waals surface area contributed by atoms with Gasteiger partial charge in [0.05, 0.1) is 30.5 Å². The molecule has 0 aliphatic carbocycles. The van der Waals surface area contributed by atoms with Crippen molar-refractivity contribution in [2.45, 2.75) is 12.5 Å². The summed E-state index contributed by atoms with van der Waals surface area (Å²) in [5.41, 5.74) is 0.0181. The van der Waals surface area contributed by atoms with E-state index in [2.05, 4.69) is 5.32 Å². The average Bonchev–Trinajstić information content (AvgIpc) is 2.43. The molecule has 9 heteroatoms. The number of nitro benzene ring substituents is 1. The van der Waals surface area contributed by atoms with Gasteiger partial charge in [-0.3, -0.25) is 14.9 Å². The van der Waals surface area contributed by atoms with Gasteiger partial charge in [0.15, 0.2) is 0 Å². The molecule has 0 fully saturated rings. The first-order chi connectivity index (χ1) is 9.93. The van der Waals surface area contributed by atoms with Crippen molar-refractivity contribution in [2.75, 3.05) is 18.5 Å². The van der Waals surface area contributed by atoms with Crippen LogP contribution in [0.3, 0.4) is 0 Å². The van der Waals surface area contributed by atoms with Crippen LogP contribution in [0.5, 0.6) is 0 Å². The number of carboxylic acids is 1. The van der Waals surface area contributed by atoms with Gasteiger partial charge < -0.3 is 25.6 Å². The van der Waals surface area contributed by atoms with Gasteiger partial charge in [-0.25, -0.2) is 0 Å². The van der Waals surface area contributed by atoms with Crippen LogP contribution in [0, 0.1) is 10.1 Å². The third-order valence-electron chi connectivity index (χ3n) is 2.63. The van der Waals surface area contributed by atoms with E-state index in [1.54, 1.807) is 0 Å². The molecule has 21 heavy (non-hydrogen) atoms. The number of nitrogens with two attached hydrogens (primary N) is 1. The van der Waals surface area contributed by atoms with Gasteiger partial charge in [-0.05, 0) is 6.07 Å². The number of aliphatic hydroxyl groups is 1. The molecular weight excluding hydrogens is 282 g/mol. The molecule has 0 aliphatic heterocycles. The lowest BCUT2D eigenvalue weighted by Gasteiger charge is -2.15. The van der Waals surface area contributed by atoms with Gasteiger partial charge in [0.25, 0.3) is 5.69 Å². The lowest BCUT2D eigenvalue weighted by atomic mass is 10.2. The van der Waals surface area contributed by atoms with Crippen molar-refractivity contribution >= 4 is 23.3 Å². The Labute approximate surface area is 119 Å². The molecule has 0 radical (unpaired) electrons. The van der Waals surface area contributed by atoms with Crippen LogP contribution in [0.15, 0.2) is 24.3 Å². The number of anilines is 1. The van der Waals surface area contributed by atoms with Crippen molar-refractivity contribution in [3.8, 4) is 0 Å². The molecule has 1 aromatic carbocycles. The van der Waals surface area contributed by atoms with Crippen LogP contribution in [0.4, 0.5) is 11.4 Å². The highest BCUT2D eigenvalue weighted by molar-refractivity contribution is 5.93. The first kappa shape index (κ1) is 16.5. The number of carboxylic acid groups (broad SMARTS) is 1. The summed E-state index contributed by atoms with van der Waals surface area (Å²) < 4.78 is 0. The smallest absolute Gasteiger partial charge is 0.271 e. The van der Waals surface area contributed by atoms with Crippen LogP contribution in [-0.2, 0) is 9.59 Å². The van der Waals surface area contributed by atoms with Gasteiger partial charge in [-0.15, -0.1) is 0 Å². The zero-order valence-corrected chi connectivity index (χ0v) is 11.0. The molecule has 0 aromatic heterocycles. The van der Waals surface area contributed by atoms with E-state index in [9.17, 15) is 24.8 Å². The number of carbonyl (C=O) groups excluding carboxylic acids is 2. The summed E-state index contributed by atoms with van der Waals surface area (Å²) in [5.74, 6) is -2.03. The molecule has 0 saturated heterocycles. The maximum Gasteiger partial charge on any atom is 0.271 e. The van der Waals surface area contributed by atoms with Gasteiger partial charge >= 0.3 is 0 Å². The number of nitro groups is 1. The van der Waals surface area contributed by atoms with Crippen LogP contribution in [0.1, 0.15) is 6.42 Å². The Morgan fingerprint density at radius 2 is 2.14 bits per heavy atom. The molecule has 1 rings (SSSR count). The number of amides is 1. The Balaban J connectivity index is 2.65. The van der Waals surface area contributed by atoms with E-state index in [1.807, 2.05) is 0 Å². The van der Waals surface area contributed by atoms with Gasteiger partial charge in [-0.2, -0.15) is 0 Å².